The van der Waals surface area contributed by atoms with Crippen molar-refractivity contribution in [3.05, 3.63) is 46.1 Å². The van der Waals surface area contributed by atoms with Crippen LogP contribution in [0.4, 0.5) is 4.79 Å². The third-order valence-corrected chi connectivity index (χ3v) is 21.4. The molecule has 1 aromatic carbocycles. The van der Waals surface area contributed by atoms with Crippen molar-refractivity contribution in [2.45, 2.75) is 137 Å². The van der Waals surface area contributed by atoms with Crippen molar-refractivity contribution >= 4 is 30.4 Å². The van der Waals surface area contributed by atoms with Gasteiger partial charge in [-0.1, -0.05) is 0 Å². The number of esters is 1. The van der Waals surface area contributed by atoms with E-state index in [0.29, 0.717) is 0 Å². The van der Waals surface area contributed by atoms with Crippen LogP contribution in [0.3, 0.4) is 0 Å². The molecule has 0 spiro atoms. The maximum absolute atomic E-state index is 13.5. The second kappa shape index (κ2) is 17.4. The first-order valence-corrected chi connectivity index (χ1v) is 23.0. The molecule has 2 N–H and O–H groups in total. The average Bonchev–Trinajstić information content (AvgIpc) is 2.88. The van der Waals surface area contributed by atoms with Crippen LogP contribution < -0.4 is 5.32 Å². The summed E-state index contributed by atoms with van der Waals surface area (Å²) < 4.78 is 18.2. The van der Waals surface area contributed by atoms with Gasteiger partial charge in [0.1, 0.15) is 0 Å². The number of hydrogen-bond acceptors (Lipinski definition) is 5. The van der Waals surface area contributed by atoms with Crippen molar-refractivity contribution in [3.8, 4) is 0 Å². The number of unbranched alkanes of at least 4 members (excludes halogenated alkanes) is 3. The summed E-state index contributed by atoms with van der Waals surface area (Å²) in [6, 6.07) is 8.45. The number of carbonyl (C=O) groups excluding carboxylic acids is 2. The minimum absolute atomic E-state index is 0.0729. The maximum atomic E-state index is 13.5. The first kappa shape index (κ1) is 36.5. The van der Waals surface area contributed by atoms with Gasteiger partial charge in [0.05, 0.1) is 0 Å². The molecule has 6 nitrogen and oxygen atoms in total. The van der Waals surface area contributed by atoms with E-state index in [9.17, 15) is 14.7 Å². The number of rotatable bonds is 17. The molecule has 0 aromatic heterocycles. The topological polar surface area (TPSA) is 84.9 Å². The molecule has 0 bridgehead atoms. The van der Waals surface area contributed by atoms with Gasteiger partial charge in [0.25, 0.3) is 0 Å². The van der Waals surface area contributed by atoms with Crippen LogP contribution in [0.2, 0.25) is 13.3 Å². The Labute approximate surface area is 248 Å². The molecule has 0 heterocycles. The van der Waals surface area contributed by atoms with E-state index in [1.807, 2.05) is 30.3 Å². The fourth-order valence-corrected chi connectivity index (χ4v) is 19.6. The molecule has 228 valence electrons. The van der Waals surface area contributed by atoms with Gasteiger partial charge in [0, 0.05) is 0 Å². The molecule has 1 rings (SSSR count). The zero-order valence-electron chi connectivity index (χ0n) is 26.7. The fraction of sp³-hybridized carbons (Fsp3) is 0.697. The summed E-state index contributed by atoms with van der Waals surface area (Å²) in [5.41, 5.74) is -1.41. The molecular weight excluding hydrogens is 609 g/mol. The zero-order chi connectivity index (χ0) is 30.4. The second-order valence-electron chi connectivity index (χ2n) is 12.9. The van der Waals surface area contributed by atoms with Crippen molar-refractivity contribution in [3.63, 3.8) is 0 Å². The molecule has 0 fully saturated rings. The van der Waals surface area contributed by atoms with Gasteiger partial charge >= 0.3 is 249 Å². The number of nitrogens with one attached hydrogen (secondary N) is 1. The van der Waals surface area contributed by atoms with Gasteiger partial charge in [-0.2, -0.15) is 0 Å². The van der Waals surface area contributed by atoms with E-state index in [1.54, 1.807) is 20.8 Å². The third-order valence-electron chi connectivity index (χ3n) is 7.29. The monoisotopic (exact) mass is 667 g/mol. The Hall–Kier alpha value is -1.54. The Morgan fingerprint density at radius 1 is 0.925 bits per heavy atom. The van der Waals surface area contributed by atoms with Gasteiger partial charge in [-0.05, 0) is 0 Å². The SMILES string of the molecule is CCC[CH2][Sn](/[CH]=C/[C@@H](C)[C@H](OC(=O)[C@@H](NC(=O)OC(C)(C)C)C(C)(C)O)c1ccccc1)([CH2]CCC)[CH2]CCC. The van der Waals surface area contributed by atoms with Crippen LogP contribution in [0.25, 0.3) is 0 Å². The predicted octanol–water partition coefficient (Wildman–Crippen LogP) is 8.52. The molecule has 0 aliphatic heterocycles. The Balaban J connectivity index is 3.34. The second-order valence-corrected chi connectivity index (χ2v) is 25.9. The molecular formula is C33H57NO5Sn. The van der Waals surface area contributed by atoms with E-state index in [2.05, 4.69) is 43.2 Å². The first-order valence-electron chi connectivity index (χ1n) is 15.3. The zero-order valence-corrected chi connectivity index (χ0v) is 29.6. The van der Waals surface area contributed by atoms with Crippen LogP contribution in [-0.2, 0) is 14.3 Å². The Morgan fingerprint density at radius 2 is 1.43 bits per heavy atom. The summed E-state index contributed by atoms with van der Waals surface area (Å²) in [6.07, 6.45) is 8.47. The van der Waals surface area contributed by atoms with Crippen LogP contribution >= 0.6 is 0 Å². The van der Waals surface area contributed by atoms with Crippen LogP contribution in [0.1, 0.15) is 113 Å². The van der Waals surface area contributed by atoms with Gasteiger partial charge < -0.3 is 0 Å². The molecule has 0 radical (unpaired) electrons. The van der Waals surface area contributed by atoms with Gasteiger partial charge in [-0.15, -0.1) is 0 Å². The van der Waals surface area contributed by atoms with Gasteiger partial charge in [0.15, 0.2) is 0 Å². The molecule has 7 heteroatoms. The quantitative estimate of drug-likeness (QED) is 0.129. The van der Waals surface area contributed by atoms with E-state index < -0.39 is 53.8 Å². The van der Waals surface area contributed by atoms with Gasteiger partial charge in [-0.3, -0.25) is 0 Å². The number of ether oxygens (including phenoxy) is 2. The third kappa shape index (κ3) is 13.4. The summed E-state index contributed by atoms with van der Waals surface area (Å²) in [7, 11) is 0. The summed E-state index contributed by atoms with van der Waals surface area (Å²) >= 11 is -2.55. The van der Waals surface area contributed by atoms with Gasteiger partial charge in [0.2, 0.25) is 0 Å². The molecule has 1 amide bonds. The number of amides is 1. The Kier molecular flexibility index (Phi) is 15.9. The molecule has 0 saturated carbocycles. The van der Waals surface area contributed by atoms with Crippen molar-refractivity contribution in [1.82, 2.24) is 5.32 Å². The minimum atomic E-state index is -2.55. The van der Waals surface area contributed by atoms with Crippen molar-refractivity contribution in [2.24, 2.45) is 5.92 Å². The molecule has 0 saturated heterocycles. The number of carbonyl (C=O) groups is 2. The van der Waals surface area contributed by atoms with Crippen LogP contribution in [0.15, 0.2) is 40.5 Å². The standard InChI is InChI=1S/C21H30NO5.3C4H9.Sn/c1-8-14(2)16(15-12-10-9-11-13-15)26-18(23)17(21(6,7)25)22-19(24)27-20(3,4)5;3*1-3-4-2;/h1,8-14,16-17,25H,2-7H3,(H,22,24);3*1,3-4H2,2H3;/t14-,16+,17-;;;;/m1..../s1. The fourth-order valence-electron chi connectivity index (χ4n) is 4.93. The van der Waals surface area contributed by atoms with E-state index in [4.69, 9.17) is 9.47 Å². The summed E-state index contributed by atoms with van der Waals surface area (Å²) in [6.45, 7) is 17.1. The van der Waals surface area contributed by atoms with E-state index >= 15 is 0 Å². The summed E-state index contributed by atoms with van der Waals surface area (Å²) in [5.74, 6) is -0.763. The molecule has 0 aliphatic carbocycles. The summed E-state index contributed by atoms with van der Waals surface area (Å²) in [4.78, 5) is 26.1. The number of aliphatic hydroxyl groups is 1. The molecule has 40 heavy (non-hydrogen) atoms. The van der Waals surface area contributed by atoms with E-state index in [0.717, 1.165) is 5.56 Å². The van der Waals surface area contributed by atoms with Crippen molar-refractivity contribution in [1.29, 1.82) is 0 Å². The predicted molar refractivity (Wildman–Crippen MR) is 168 cm³/mol. The van der Waals surface area contributed by atoms with E-state index in [-0.39, 0.29) is 5.92 Å². The normalized spacial score (nSPS) is 14.9. The Bertz CT molecular complexity index is 882. The van der Waals surface area contributed by atoms with E-state index in [1.165, 1.54) is 65.7 Å². The van der Waals surface area contributed by atoms with Crippen molar-refractivity contribution < 1.29 is 24.2 Å². The average molecular weight is 667 g/mol. The summed E-state index contributed by atoms with van der Waals surface area (Å²) in [5, 5.41) is 13.3. The number of hydrogen-bond donors (Lipinski definition) is 2. The molecule has 1 aromatic rings. The molecule has 0 aliphatic rings. The van der Waals surface area contributed by atoms with Crippen LogP contribution in [0, 0.1) is 5.92 Å². The van der Waals surface area contributed by atoms with Gasteiger partial charge in [-0.25, -0.2) is 0 Å². The molecule has 0 unspecified atom stereocenters. The molecule has 3 atom stereocenters. The van der Waals surface area contributed by atoms with Crippen molar-refractivity contribution in [2.75, 3.05) is 0 Å². The number of alkyl carbamates (subject to hydrolysis) is 1. The Morgan fingerprint density at radius 3 is 1.85 bits per heavy atom. The van der Waals surface area contributed by atoms with Crippen LogP contribution in [-0.4, -0.2) is 52.8 Å². The van der Waals surface area contributed by atoms with Crippen LogP contribution in [0.5, 0.6) is 0 Å². The first-order chi connectivity index (χ1) is 18.7. The number of benzene rings is 1.